The summed E-state index contributed by atoms with van der Waals surface area (Å²) in [6, 6.07) is 10.9. The van der Waals surface area contributed by atoms with Gasteiger partial charge in [0, 0.05) is 22.8 Å². The SMILES string of the molecule is COc1cc(NCc2ccc(C)c(Br)c2)ccc1F. The van der Waals surface area contributed by atoms with Crippen molar-refractivity contribution < 1.29 is 9.13 Å². The van der Waals surface area contributed by atoms with E-state index in [2.05, 4.69) is 39.4 Å². The second-order valence-corrected chi connectivity index (χ2v) is 5.14. The molecule has 0 aliphatic heterocycles. The molecule has 0 amide bonds. The van der Waals surface area contributed by atoms with Gasteiger partial charge in [-0.3, -0.25) is 0 Å². The maximum atomic E-state index is 13.3. The summed E-state index contributed by atoms with van der Waals surface area (Å²) in [5.74, 6) is -0.110. The van der Waals surface area contributed by atoms with Crippen LogP contribution in [0.5, 0.6) is 5.75 Å². The zero-order valence-corrected chi connectivity index (χ0v) is 12.4. The zero-order valence-electron chi connectivity index (χ0n) is 10.8. The fourth-order valence-electron chi connectivity index (χ4n) is 1.72. The standard InChI is InChI=1S/C15H15BrFNO/c1-10-3-4-11(7-13(10)16)9-18-12-5-6-14(17)15(8-12)19-2/h3-8,18H,9H2,1-2H3. The highest BCUT2D eigenvalue weighted by Crippen LogP contribution is 2.23. The predicted molar refractivity (Wildman–Crippen MR) is 79.2 cm³/mol. The Balaban J connectivity index is 2.07. The molecule has 0 unspecified atom stereocenters. The first kappa shape index (κ1) is 13.9. The number of halogens is 2. The second-order valence-electron chi connectivity index (χ2n) is 4.29. The van der Waals surface area contributed by atoms with Crippen molar-refractivity contribution in [3.8, 4) is 5.75 Å². The summed E-state index contributed by atoms with van der Waals surface area (Å²) < 4.78 is 19.3. The highest BCUT2D eigenvalue weighted by molar-refractivity contribution is 9.10. The van der Waals surface area contributed by atoms with Gasteiger partial charge in [0.2, 0.25) is 0 Å². The van der Waals surface area contributed by atoms with Crippen LogP contribution >= 0.6 is 15.9 Å². The minimum absolute atomic E-state index is 0.245. The first-order valence-electron chi connectivity index (χ1n) is 5.92. The van der Waals surface area contributed by atoms with Crippen LogP contribution in [0, 0.1) is 12.7 Å². The Hall–Kier alpha value is -1.55. The molecule has 0 aliphatic carbocycles. The summed E-state index contributed by atoms with van der Waals surface area (Å²) in [6.45, 7) is 2.72. The fraction of sp³-hybridized carbons (Fsp3) is 0.200. The van der Waals surface area contributed by atoms with E-state index in [0.29, 0.717) is 6.54 Å². The molecule has 0 atom stereocenters. The largest absolute Gasteiger partial charge is 0.494 e. The number of benzene rings is 2. The van der Waals surface area contributed by atoms with Crippen molar-refractivity contribution in [3.63, 3.8) is 0 Å². The fourth-order valence-corrected chi connectivity index (χ4v) is 2.15. The van der Waals surface area contributed by atoms with Gasteiger partial charge in [0.15, 0.2) is 11.6 Å². The summed E-state index contributed by atoms with van der Waals surface area (Å²) in [6.07, 6.45) is 0. The molecule has 2 aromatic carbocycles. The van der Waals surface area contributed by atoms with E-state index in [1.165, 1.54) is 18.7 Å². The molecule has 0 saturated heterocycles. The van der Waals surface area contributed by atoms with Gasteiger partial charge < -0.3 is 10.1 Å². The first-order valence-corrected chi connectivity index (χ1v) is 6.72. The molecule has 4 heteroatoms. The van der Waals surface area contributed by atoms with Crippen LogP contribution in [0.1, 0.15) is 11.1 Å². The van der Waals surface area contributed by atoms with E-state index in [-0.39, 0.29) is 11.6 Å². The lowest BCUT2D eigenvalue weighted by Crippen LogP contribution is -2.00. The van der Waals surface area contributed by atoms with Crippen molar-refractivity contribution >= 4 is 21.6 Å². The van der Waals surface area contributed by atoms with Gasteiger partial charge in [-0.05, 0) is 36.2 Å². The Morgan fingerprint density at radius 1 is 1.21 bits per heavy atom. The monoisotopic (exact) mass is 323 g/mol. The average molecular weight is 324 g/mol. The van der Waals surface area contributed by atoms with E-state index >= 15 is 0 Å². The summed E-state index contributed by atoms with van der Waals surface area (Å²) in [4.78, 5) is 0. The van der Waals surface area contributed by atoms with Gasteiger partial charge in [0.1, 0.15) is 0 Å². The summed E-state index contributed by atoms with van der Waals surface area (Å²) >= 11 is 3.51. The number of methoxy groups -OCH3 is 1. The summed E-state index contributed by atoms with van der Waals surface area (Å²) in [5.41, 5.74) is 3.18. The first-order chi connectivity index (χ1) is 9.10. The van der Waals surface area contributed by atoms with Crippen molar-refractivity contribution in [1.82, 2.24) is 0 Å². The minimum atomic E-state index is -0.355. The molecule has 0 spiro atoms. The molecule has 100 valence electrons. The van der Waals surface area contributed by atoms with Gasteiger partial charge in [-0.15, -0.1) is 0 Å². The molecule has 0 bridgehead atoms. The number of rotatable bonds is 4. The van der Waals surface area contributed by atoms with Crippen LogP contribution in [0.2, 0.25) is 0 Å². The third kappa shape index (κ3) is 3.47. The van der Waals surface area contributed by atoms with Gasteiger partial charge in [-0.25, -0.2) is 4.39 Å². The summed E-state index contributed by atoms with van der Waals surface area (Å²) in [5, 5.41) is 3.24. The second kappa shape index (κ2) is 6.06. The molecule has 2 nitrogen and oxygen atoms in total. The number of aryl methyl sites for hydroxylation is 1. The van der Waals surface area contributed by atoms with Crippen LogP contribution in [-0.4, -0.2) is 7.11 Å². The van der Waals surface area contributed by atoms with Crippen LogP contribution in [-0.2, 0) is 6.54 Å². The number of anilines is 1. The van der Waals surface area contributed by atoms with Crippen molar-refractivity contribution in [3.05, 3.63) is 57.8 Å². The number of hydrogen-bond acceptors (Lipinski definition) is 2. The molecular weight excluding hydrogens is 309 g/mol. The van der Waals surface area contributed by atoms with E-state index in [1.54, 1.807) is 12.1 Å². The van der Waals surface area contributed by atoms with Crippen molar-refractivity contribution in [2.24, 2.45) is 0 Å². The lowest BCUT2D eigenvalue weighted by molar-refractivity contribution is 0.387. The number of ether oxygens (including phenoxy) is 1. The molecule has 2 aromatic rings. The third-order valence-electron chi connectivity index (χ3n) is 2.88. The van der Waals surface area contributed by atoms with Crippen LogP contribution in [0.15, 0.2) is 40.9 Å². The lowest BCUT2D eigenvalue weighted by atomic mass is 10.1. The van der Waals surface area contributed by atoms with Crippen LogP contribution in [0.25, 0.3) is 0 Å². The van der Waals surface area contributed by atoms with Crippen molar-refractivity contribution in [1.29, 1.82) is 0 Å². The van der Waals surface area contributed by atoms with Crippen molar-refractivity contribution in [2.75, 3.05) is 12.4 Å². The average Bonchev–Trinajstić information content (AvgIpc) is 2.41. The Bertz CT molecular complexity index is 586. The topological polar surface area (TPSA) is 21.3 Å². The smallest absolute Gasteiger partial charge is 0.165 e. The molecular formula is C15H15BrFNO. The van der Waals surface area contributed by atoms with Gasteiger partial charge in [-0.1, -0.05) is 28.1 Å². The molecule has 0 aliphatic rings. The molecule has 0 fully saturated rings. The number of nitrogens with one attached hydrogen (secondary N) is 1. The Morgan fingerprint density at radius 2 is 2.00 bits per heavy atom. The van der Waals surface area contributed by atoms with E-state index in [0.717, 1.165) is 15.7 Å². The minimum Gasteiger partial charge on any atom is -0.494 e. The molecule has 0 saturated carbocycles. The lowest BCUT2D eigenvalue weighted by Gasteiger charge is -2.09. The van der Waals surface area contributed by atoms with Gasteiger partial charge >= 0.3 is 0 Å². The summed E-state index contributed by atoms with van der Waals surface area (Å²) in [7, 11) is 1.46. The van der Waals surface area contributed by atoms with Gasteiger partial charge in [-0.2, -0.15) is 0 Å². The van der Waals surface area contributed by atoms with E-state index in [1.807, 2.05) is 6.92 Å². The van der Waals surface area contributed by atoms with E-state index in [4.69, 9.17) is 4.74 Å². The Morgan fingerprint density at radius 3 is 2.68 bits per heavy atom. The Kier molecular flexibility index (Phi) is 4.43. The maximum Gasteiger partial charge on any atom is 0.165 e. The third-order valence-corrected chi connectivity index (χ3v) is 3.74. The molecule has 0 aromatic heterocycles. The quantitative estimate of drug-likeness (QED) is 0.893. The highest BCUT2D eigenvalue weighted by atomic mass is 79.9. The molecule has 0 heterocycles. The van der Waals surface area contributed by atoms with Gasteiger partial charge in [0.25, 0.3) is 0 Å². The Labute approximate surface area is 120 Å². The van der Waals surface area contributed by atoms with Gasteiger partial charge in [0.05, 0.1) is 7.11 Å². The predicted octanol–water partition coefficient (Wildman–Crippen LogP) is 4.52. The van der Waals surface area contributed by atoms with E-state index in [9.17, 15) is 4.39 Å². The van der Waals surface area contributed by atoms with Crippen LogP contribution < -0.4 is 10.1 Å². The maximum absolute atomic E-state index is 13.3. The van der Waals surface area contributed by atoms with Crippen molar-refractivity contribution in [2.45, 2.75) is 13.5 Å². The highest BCUT2D eigenvalue weighted by Gasteiger charge is 2.03. The molecule has 19 heavy (non-hydrogen) atoms. The molecule has 1 N–H and O–H groups in total. The molecule has 2 rings (SSSR count). The normalized spacial score (nSPS) is 10.3. The van der Waals surface area contributed by atoms with E-state index < -0.39 is 0 Å². The zero-order chi connectivity index (χ0) is 13.8. The van der Waals surface area contributed by atoms with Crippen LogP contribution in [0.3, 0.4) is 0 Å². The van der Waals surface area contributed by atoms with Crippen LogP contribution in [0.4, 0.5) is 10.1 Å². The number of hydrogen-bond donors (Lipinski definition) is 1. The molecule has 0 radical (unpaired) electrons.